The van der Waals surface area contributed by atoms with E-state index in [0.717, 1.165) is 0 Å². The minimum absolute atomic E-state index is 0.0799. The molecule has 0 aliphatic heterocycles. The van der Waals surface area contributed by atoms with Crippen LogP contribution in [0.25, 0.3) is 0 Å². The second-order valence-electron chi connectivity index (χ2n) is 1.54. The number of tetrazole rings is 1. The van der Waals surface area contributed by atoms with Crippen molar-refractivity contribution >= 4 is 5.91 Å². The number of nitrogens with one attached hydrogen (secondary N) is 1. The average molecular weight is 143 g/mol. The molecule has 0 atom stereocenters. The fourth-order valence-corrected chi connectivity index (χ4v) is 0.435. The van der Waals surface area contributed by atoms with Gasteiger partial charge in [-0.3, -0.25) is 10.0 Å². The Labute approximate surface area is 55.6 Å². The highest BCUT2D eigenvalue weighted by molar-refractivity contribution is 5.74. The minimum atomic E-state index is -0.563. The van der Waals surface area contributed by atoms with Crippen LogP contribution in [0.5, 0.6) is 0 Å². The molecule has 0 aliphatic rings. The number of aromatic nitrogens is 4. The van der Waals surface area contributed by atoms with Gasteiger partial charge in [-0.2, -0.15) is 0 Å². The van der Waals surface area contributed by atoms with E-state index < -0.39 is 5.91 Å². The van der Waals surface area contributed by atoms with E-state index in [2.05, 4.69) is 15.5 Å². The number of carbonyl (C=O) groups excluding carboxylic acids is 1. The van der Waals surface area contributed by atoms with Gasteiger partial charge in [0.25, 0.3) is 5.91 Å². The Bertz CT molecular complexity index is 207. The maximum Gasteiger partial charge on any atom is 0.265 e. The first-order chi connectivity index (χ1) is 4.83. The van der Waals surface area contributed by atoms with Crippen molar-refractivity contribution in [3.05, 3.63) is 6.33 Å². The highest BCUT2D eigenvalue weighted by Crippen LogP contribution is 1.75. The highest BCUT2D eigenvalue weighted by Gasteiger charge is 1.99. The Kier molecular flexibility index (Phi) is 1.90. The molecule has 0 spiro atoms. The molecule has 0 unspecified atom stereocenters. The fourth-order valence-electron chi connectivity index (χ4n) is 0.435. The Balaban J connectivity index is 2.48. The number of nitrogens with zero attached hydrogens (tertiary/aromatic N) is 4. The van der Waals surface area contributed by atoms with Crippen LogP contribution >= 0.6 is 0 Å². The Morgan fingerprint density at radius 3 is 3.10 bits per heavy atom. The van der Waals surface area contributed by atoms with Gasteiger partial charge in [-0.15, -0.1) is 5.10 Å². The summed E-state index contributed by atoms with van der Waals surface area (Å²) < 4.78 is 1.19. The third kappa shape index (κ3) is 1.49. The van der Waals surface area contributed by atoms with Crippen LogP contribution in [0.1, 0.15) is 0 Å². The van der Waals surface area contributed by atoms with E-state index in [1.165, 1.54) is 16.5 Å². The third-order valence-electron chi connectivity index (χ3n) is 0.822. The summed E-state index contributed by atoms with van der Waals surface area (Å²) in [5.74, 6) is -0.563. The zero-order valence-corrected chi connectivity index (χ0v) is 4.93. The lowest BCUT2D eigenvalue weighted by molar-refractivity contribution is -0.130. The third-order valence-corrected chi connectivity index (χ3v) is 0.822. The van der Waals surface area contributed by atoms with Gasteiger partial charge in [0.05, 0.1) is 0 Å². The van der Waals surface area contributed by atoms with Gasteiger partial charge in [-0.25, -0.2) is 10.2 Å². The molecule has 0 saturated heterocycles. The Morgan fingerprint density at radius 1 is 1.80 bits per heavy atom. The molecule has 1 amide bonds. The highest BCUT2D eigenvalue weighted by atomic mass is 16.5. The molecular weight excluding hydrogens is 138 g/mol. The lowest BCUT2D eigenvalue weighted by Crippen LogP contribution is -2.24. The van der Waals surface area contributed by atoms with Crippen molar-refractivity contribution in [1.82, 2.24) is 25.7 Å². The molecular formula is C3H5N5O2. The van der Waals surface area contributed by atoms with Crippen molar-refractivity contribution in [1.29, 1.82) is 0 Å². The molecule has 0 aliphatic carbocycles. The quantitative estimate of drug-likeness (QED) is 0.375. The van der Waals surface area contributed by atoms with Crippen molar-refractivity contribution < 1.29 is 10.0 Å². The molecule has 0 aromatic carbocycles. The molecule has 10 heavy (non-hydrogen) atoms. The van der Waals surface area contributed by atoms with Gasteiger partial charge in [0.1, 0.15) is 12.9 Å². The normalized spacial score (nSPS) is 9.30. The maximum absolute atomic E-state index is 10.4. The monoisotopic (exact) mass is 143 g/mol. The number of amides is 1. The van der Waals surface area contributed by atoms with Crippen LogP contribution in [0.15, 0.2) is 6.33 Å². The van der Waals surface area contributed by atoms with Crippen molar-refractivity contribution in [3.8, 4) is 0 Å². The van der Waals surface area contributed by atoms with Crippen LogP contribution in [0.4, 0.5) is 0 Å². The van der Waals surface area contributed by atoms with Gasteiger partial charge >= 0.3 is 0 Å². The summed E-state index contributed by atoms with van der Waals surface area (Å²) in [6, 6.07) is 0. The summed E-state index contributed by atoms with van der Waals surface area (Å²) in [6.45, 7) is -0.0799. The molecule has 0 saturated carbocycles. The predicted octanol–water partition coefficient (Wildman–Crippen LogP) is -1.82. The zero-order chi connectivity index (χ0) is 7.40. The lowest BCUT2D eigenvalue weighted by atomic mass is 10.6. The second kappa shape index (κ2) is 2.87. The van der Waals surface area contributed by atoms with Gasteiger partial charge in [-0.1, -0.05) is 0 Å². The van der Waals surface area contributed by atoms with E-state index in [4.69, 9.17) is 5.21 Å². The van der Waals surface area contributed by atoms with Crippen molar-refractivity contribution in [3.63, 3.8) is 0 Å². The first-order valence-electron chi connectivity index (χ1n) is 2.46. The molecule has 1 heterocycles. The summed E-state index contributed by atoms with van der Waals surface area (Å²) in [4.78, 5) is 10.4. The topological polar surface area (TPSA) is 92.9 Å². The number of hydrogen-bond donors (Lipinski definition) is 2. The molecule has 1 aromatic rings. The lowest BCUT2D eigenvalue weighted by Gasteiger charge is -1.94. The van der Waals surface area contributed by atoms with E-state index in [9.17, 15) is 4.79 Å². The van der Waals surface area contributed by atoms with E-state index in [1.807, 2.05) is 0 Å². The largest absolute Gasteiger partial charge is 0.289 e. The predicted molar refractivity (Wildman–Crippen MR) is 27.7 cm³/mol. The standard InChI is InChI=1S/C3H5N5O2/c9-3(5-10)1-8-2-4-6-7-8/h2,10H,1H2,(H,5,9). The summed E-state index contributed by atoms with van der Waals surface area (Å²) in [5.41, 5.74) is 1.45. The van der Waals surface area contributed by atoms with Crippen LogP contribution in [0.2, 0.25) is 0 Å². The van der Waals surface area contributed by atoms with Crippen LogP contribution < -0.4 is 5.48 Å². The summed E-state index contributed by atoms with van der Waals surface area (Å²) in [7, 11) is 0. The Hall–Kier alpha value is -1.50. The zero-order valence-electron chi connectivity index (χ0n) is 4.93. The summed E-state index contributed by atoms with van der Waals surface area (Å²) >= 11 is 0. The van der Waals surface area contributed by atoms with E-state index in [0.29, 0.717) is 0 Å². The van der Waals surface area contributed by atoms with Crippen LogP contribution in [0.3, 0.4) is 0 Å². The molecule has 7 heteroatoms. The van der Waals surface area contributed by atoms with Crippen LogP contribution in [-0.4, -0.2) is 31.3 Å². The number of carbonyl (C=O) groups is 1. The van der Waals surface area contributed by atoms with Gasteiger partial charge < -0.3 is 0 Å². The Morgan fingerprint density at radius 2 is 2.60 bits per heavy atom. The number of hydrogen-bond acceptors (Lipinski definition) is 5. The first kappa shape index (κ1) is 6.62. The van der Waals surface area contributed by atoms with Gasteiger partial charge in [0.15, 0.2) is 0 Å². The van der Waals surface area contributed by atoms with Gasteiger partial charge in [0, 0.05) is 0 Å². The molecule has 2 N–H and O–H groups in total. The van der Waals surface area contributed by atoms with Gasteiger partial charge in [-0.05, 0) is 10.4 Å². The molecule has 0 radical (unpaired) electrons. The molecule has 0 fully saturated rings. The van der Waals surface area contributed by atoms with Gasteiger partial charge in [0.2, 0.25) is 0 Å². The van der Waals surface area contributed by atoms with E-state index in [1.54, 1.807) is 0 Å². The van der Waals surface area contributed by atoms with Crippen LogP contribution in [0, 0.1) is 0 Å². The number of rotatable bonds is 2. The first-order valence-corrected chi connectivity index (χ1v) is 2.46. The van der Waals surface area contributed by atoms with E-state index in [-0.39, 0.29) is 6.54 Å². The number of hydroxylamine groups is 1. The van der Waals surface area contributed by atoms with Crippen molar-refractivity contribution in [2.45, 2.75) is 6.54 Å². The molecule has 1 rings (SSSR count). The molecule has 7 nitrogen and oxygen atoms in total. The molecule has 1 aromatic heterocycles. The molecule has 0 bridgehead atoms. The van der Waals surface area contributed by atoms with Crippen molar-refractivity contribution in [2.75, 3.05) is 0 Å². The minimum Gasteiger partial charge on any atom is -0.289 e. The summed E-state index contributed by atoms with van der Waals surface area (Å²) in [5, 5.41) is 18.0. The average Bonchev–Trinajstić information content (AvgIpc) is 2.40. The fraction of sp³-hybridized carbons (Fsp3) is 0.333. The second-order valence-corrected chi connectivity index (χ2v) is 1.54. The smallest absolute Gasteiger partial charge is 0.265 e. The van der Waals surface area contributed by atoms with Crippen molar-refractivity contribution in [2.24, 2.45) is 0 Å². The summed E-state index contributed by atoms with van der Waals surface area (Å²) in [6.07, 6.45) is 1.27. The van der Waals surface area contributed by atoms with Crippen LogP contribution in [-0.2, 0) is 11.3 Å². The van der Waals surface area contributed by atoms with E-state index >= 15 is 0 Å². The SMILES string of the molecule is O=C(Cn1cnnn1)NO. The maximum atomic E-state index is 10.4. The molecule has 54 valence electrons.